The molecule has 1 saturated heterocycles. The Morgan fingerprint density at radius 3 is 2.27 bits per heavy atom. The van der Waals surface area contributed by atoms with Gasteiger partial charge in [0.1, 0.15) is 0 Å². The van der Waals surface area contributed by atoms with Gasteiger partial charge >= 0.3 is 0 Å². The zero-order chi connectivity index (χ0) is 15.4. The fraction of sp³-hybridized carbons (Fsp3) is 0.368. The van der Waals surface area contributed by atoms with Crippen molar-refractivity contribution in [2.75, 3.05) is 0 Å². The first kappa shape index (κ1) is 15.2. The van der Waals surface area contributed by atoms with Crippen molar-refractivity contribution in [2.45, 2.75) is 43.7 Å². The molecule has 2 aromatic rings. The second kappa shape index (κ2) is 7.05. The second-order valence-electron chi connectivity index (χ2n) is 5.94. The van der Waals surface area contributed by atoms with Crippen molar-refractivity contribution in [3.05, 3.63) is 71.8 Å². The van der Waals surface area contributed by atoms with Crippen LogP contribution in [-0.4, -0.2) is 22.4 Å². The fourth-order valence-corrected chi connectivity index (χ4v) is 3.08. The number of ether oxygens (including phenoxy) is 1. The van der Waals surface area contributed by atoms with E-state index < -0.39 is 6.10 Å². The molecule has 0 aliphatic carbocycles. The normalized spacial score (nSPS) is 26.5. The molecule has 0 radical (unpaired) electrons. The van der Waals surface area contributed by atoms with Gasteiger partial charge in [0.25, 0.3) is 0 Å². The number of hydrogen-bond acceptors (Lipinski definition) is 3. The Kier molecular flexibility index (Phi) is 4.88. The summed E-state index contributed by atoms with van der Waals surface area (Å²) in [5, 5.41) is 20.5. The van der Waals surface area contributed by atoms with Gasteiger partial charge in [-0.25, -0.2) is 0 Å². The van der Waals surface area contributed by atoms with Crippen LogP contribution >= 0.6 is 0 Å². The van der Waals surface area contributed by atoms with Gasteiger partial charge in [-0.05, 0) is 17.5 Å². The number of aliphatic hydroxyl groups is 2. The third-order valence-corrected chi connectivity index (χ3v) is 4.22. The van der Waals surface area contributed by atoms with Crippen molar-refractivity contribution in [3.8, 4) is 0 Å². The smallest absolute Gasteiger partial charge is 0.0853 e. The first-order chi connectivity index (χ1) is 10.7. The molecule has 1 aliphatic heterocycles. The maximum absolute atomic E-state index is 10.4. The minimum atomic E-state index is -0.562. The third kappa shape index (κ3) is 3.74. The van der Waals surface area contributed by atoms with Gasteiger partial charge in [-0.3, -0.25) is 0 Å². The molecule has 0 bridgehead atoms. The average Bonchev–Trinajstić information content (AvgIpc) is 2.56. The molecule has 0 saturated carbocycles. The summed E-state index contributed by atoms with van der Waals surface area (Å²) >= 11 is 0. The van der Waals surface area contributed by atoms with Crippen LogP contribution in [0.1, 0.15) is 42.6 Å². The summed E-state index contributed by atoms with van der Waals surface area (Å²) in [6.45, 7) is 0. The molecule has 4 atom stereocenters. The van der Waals surface area contributed by atoms with Crippen LogP contribution in [0.5, 0.6) is 0 Å². The minimum absolute atomic E-state index is 0.0991. The van der Waals surface area contributed by atoms with E-state index in [1.54, 1.807) is 0 Å². The molecule has 3 heteroatoms. The minimum Gasteiger partial charge on any atom is -0.393 e. The molecule has 1 heterocycles. The largest absolute Gasteiger partial charge is 0.393 e. The Labute approximate surface area is 131 Å². The summed E-state index contributed by atoms with van der Waals surface area (Å²) in [6, 6.07) is 19.6. The van der Waals surface area contributed by atoms with E-state index in [1.165, 1.54) is 0 Å². The molecule has 2 unspecified atom stereocenters. The molecule has 3 nitrogen and oxygen atoms in total. The average molecular weight is 298 g/mol. The van der Waals surface area contributed by atoms with E-state index in [-0.39, 0.29) is 18.3 Å². The van der Waals surface area contributed by atoms with Crippen molar-refractivity contribution in [2.24, 2.45) is 0 Å². The van der Waals surface area contributed by atoms with E-state index >= 15 is 0 Å². The lowest BCUT2D eigenvalue weighted by Gasteiger charge is -2.34. The highest BCUT2D eigenvalue weighted by Crippen LogP contribution is 2.34. The molecule has 1 aliphatic rings. The molecule has 3 rings (SSSR count). The Morgan fingerprint density at radius 1 is 0.955 bits per heavy atom. The highest BCUT2D eigenvalue weighted by Gasteiger charge is 2.30. The molecular weight excluding hydrogens is 276 g/mol. The van der Waals surface area contributed by atoms with Gasteiger partial charge in [0.15, 0.2) is 0 Å². The highest BCUT2D eigenvalue weighted by molar-refractivity contribution is 5.19. The van der Waals surface area contributed by atoms with E-state index in [9.17, 15) is 10.2 Å². The van der Waals surface area contributed by atoms with Gasteiger partial charge in [0.2, 0.25) is 0 Å². The van der Waals surface area contributed by atoms with Crippen molar-refractivity contribution in [1.82, 2.24) is 0 Å². The lowest BCUT2D eigenvalue weighted by atomic mass is 9.92. The lowest BCUT2D eigenvalue weighted by Crippen LogP contribution is -2.32. The molecule has 2 aromatic carbocycles. The van der Waals surface area contributed by atoms with Crippen LogP contribution in [0.3, 0.4) is 0 Å². The van der Waals surface area contributed by atoms with Crippen LogP contribution in [0.2, 0.25) is 0 Å². The van der Waals surface area contributed by atoms with Crippen molar-refractivity contribution < 1.29 is 14.9 Å². The zero-order valence-electron chi connectivity index (χ0n) is 12.5. The van der Waals surface area contributed by atoms with Crippen LogP contribution in [0.4, 0.5) is 0 Å². The van der Waals surface area contributed by atoms with Crippen LogP contribution in [0.25, 0.3) is 0 Å². The predicted molar refractivity (Wildman–Crippen MR) is 85.3 cm³/mol. The van der Waals surface area contributed by atoms with Gasteiger partial charge in [0, 0.05) is 12.8 Å². The maximum Gasteiger partial charge on any atom is 0.0853 e. The molecule has 1 fully saturated rings. The molecule has 0 amide bonds. The fourth-order valence-electron chi connectivity index (χ4n) is 3.08. The predicted octanol–water partition coefficient (Wildman–Crippen LogP) is 3.39. The number of aliphatic hydroxyl groups excluding tert-OH is 2. The van der Waals surface area contributed by atoms with Gasteiger partial charge in [0.05, 0.1) is 24.4 Å². The van der Waals surface area contributed by atoms with E-state index in [0.29, 0.717) is 19.3 Å². The molecule has 22 heavy (non-hydrogen) atoms. The first-order valence-electron chi connectivity index (χ1n) is 7.84. The van der Waals surface area contributed by atoms with Crippen molar-refractivity contribution in [3.63, 3.8) is 0 Å². The number of rotatable bonds is 4. The number of hydrogen-bond donors (Lipinski definition) is 2. The van der Waals surface area contributed by atoms with Crippen LogP contribution in [0.15, 0.2) is 60.7 Å². The third-order valence-electron chi connectivity index (χ3n) is 4.22. The summed E-state index contributed by atoms with van der Waals surface area (Å²) in [5.74, 6) is 0. The molecular formula is C19H22O3. The maximum atomic E-state index is 10.4. The standard InChI is InChI=1S/C19H22O3/c20-16-11-17(13-18(21)14-7-3-1-4-8-14)22-19(12-16)15-9-5-2-6-10-15/h1-10,16-21H,11-13H2/t16?,17-,18?,19-/m0/s1. The Morgan fingerprint density at radius 2 is 1.59 bits per heavy atom. The van der Waals surface area contributed by atoms with Crippen LogP contribution in [-0.2, 0) is 4.74 Å². The zero-order valence-corrected chi connectivity index (χ0v) is 12.5. The van der Waals surface area contributed by atoms with Gasteiger partial charge < -0.3 is 14.9 Å². The van der Waals surface area contributed by atoms with E-state index in [1.807, 2.05) is 60.7 Å². The van der Waals surface area contributed by atoms with Gasteiger partial charge in [-0.15, -0.1) is 0 Å². The summed E-state index contributed by atoms with van der Waals surface area (Å²) in [6.07, 6.45) is 0.515. The van der Waals surface area contributed by atoms with Gasteiger partial charge in [-0.1, -0.05) is 60.7 Å². The van der Waals surface area contributed by atoms with Crippen molar-refractivity contribution >= 4 is 0 Å². The second-order valence-corrected chi connectivity index (χ2v) is 5.94. The summed E-state index contributed by atoms with van der Waals surface area (Å²) in [4.78, 5) is 0. The lowest BCUT2D eigenvalue weighted by molar-refractivity contribution is -0.111. The molecule has 2 N–H and O–H groups in total. The molecule has 0 spiro atoms. The Bertz CT molecular complexity index is 568. The number of benzene rings is 2. The summed E-state index contributed by atoms with van der Waals surface area (Å²) in [7, 11) is 0. The molecule has 116 valence electrons. The van der Waals surface area contributed by atoms with Gasteiger partial charge in [-0.2, -0.15) is 0 Å². The highest BCUT2D eigenvalue weighted by atomic mass is 16.5. The summed E-state index contributed by atoms with van der Waals surface area (Å²) in [5.41, 5.74) is 1.97. The van der Waals surface area contributed by atoms with Crippen LogP contribution < -0.4 is 0 Å². The summed E-state index contributed by atoms with van der Waals surface area (Å²) < 4.78 is 6.12. The van der Waals surface area contributed by atoms with Crippen molar-refractivity contribution in [1.29, 1.82) is 0 Å². The monoisotopic (exact) mass is 298 g/mol. The van der Waals surface area contributed by atoms with Crippen LogP contribution in [0, 0.1) is 0 Å². The van der Waals surface area contributed by atoms with E-state index in [0.717, 1.165) is 11.1 Å². The topological polar surface area (TPSA) is 49.7 Å². The quantitative estimate of drug-likeness (QED) is 0.909. The van der Waals surface area contributed by atoms with E-state index in [2.05, 4.69) is 0 Å². The Balaban J connectivity index is 1.66. The Hall–Kier alpha value is -1.68. The first-order valence-corrected chi connectivity index (χ1v) is 7.84. The SMILES string of the molecule is OC1C[C@@H](CC(O)c2ccccc2)O[C@H](c2ccccc2)C1. The molecule has 0 aromatic heterocycles. The van der Waals surface area contributed by atoms with E-state index in [4.69, 9.17) is 4.74 Å².